The van der Waals surface area contributed by atoms with Crippen LogP contribution in [0, 0.1) is 0 Å². The summed E-state index contributed by atoms with van der Waals surface area (Å²) in [5.74, 6) is 0. The minimum absolute atomic E-state index is 0.133. The molecule has 0 aliphatic heterocycles. The number of sulfonamides is 1. The molecule has 0 bridgehead atoms. The molecular formula is C11H19N3O2S. The Hall–Kier alpha value is -1.11. The molecular weight excluding hydrogens is 238 g/mol. The second-order valence-electron chi connectivity index (χ2n) is 3.89. The summed E-state index contributed by atoms with van der Waals surface area (Å²) in [7, 11) is -1.55. The van der Waals surface area contributed by atoms with Gasteiger partial charge < -0.3 is 10.2 Å². The van der Waals surface area contributed by atoms with Crippen molar-refractivity contribution in [2.45, 2.75) is 11.8 Å². The van der Waals surface area contributed by atoms with Crippen molar-refractivity contribution >= 4 is 15.7 Å². The first-order valence-corrected chi connectivity index (χ1v) is 7.03. The van der Waals surface area contributed by atoms with Crippen LogP contribution in [0.1, 0.15) is 6.92 Å². The Morgan fingerprint density at radius 3 is 2.35 bits per heavy atom. The first kappa shape index (κ1) is 14.0. The SMILES string of the molecule is CCN(C)CCNc1ccc(S(N)(=O)=O)cc1. The van der Waals surface area contributed by atoms with Gasteiger partial charge in [0.05, 0.1) is 4.90 Å². The lowest BCUT2D eigenvalue weighted by Crippen LogP contribution is -2.24. The molecule has 0 spiro atoms. The van der Waals surface area contributed by atoms with Gasteiger partial charge in [-0.05, 0) is 37.9 Å². The number of likely N-dealkylation sites (N-methyl/N-ethyl adjacent to an activating group) is 1. The first-order chi connectivity index (χ1) is 7.93. The third kappa shape index (κ3) is 4.72. The van der Waals surface area contributed by atoms with Crippen molar-refractivity contribution in [2.24, 2.45) is 5.14 Å². The van der Waals surface area contributed by atoms with E-state index in [-0.39, 0.29) is 4.90 Å². The molecule has 3 N–H and O–H groups in total. The van der Waals surface area contributed by atoms with E-state index >= 15 is 0 Å². The predicted octanol–water partition coefficient (Wildman–Crippen LogP) is 0.698. The molecule has 0 saturated heterocycles. The molecule has 0 aromatic heterocycles. The van der Waals surface area contributed by atoms with Crippen LogP contribution in [-0.2, 0) is 10.0 Å². The zero-order valence-electron chi connectivity index (χ0n) is 10.2. The van der Waals surface area contributed by atoms with Gasteiger partial charge in [0.15, 0.2) is 0 Å². The lowest BCUT2D eigenvalue weighted by Gasteiger charge is -2.14. The predicted molar refractivity (Wildman–Crippen MR) is 69.5 cm³/mol. The van der Waals surface area contributed by atoms with Crippen molar-refractivity contribution in [3.8, 4) is 0 Å². The highest BCUT2D eigenvalue weighted by Gasteiger charge is 2.06. The molecule has 1 aromatic rings. The Bertz CT molecular complexity index is 442. The van der Waals surface area contributed by atoms with E-state index in [1.807, 2.05) is 7.05 Å². The van der Waals surface area contributed by atoms with E-state index in [0.717, 1.165) is 25.3 Å². The van der Waals surface area contributed by atoms with Crippen LogP contribution in [-0.4, -0.2) is 40.0 Å². The fourth-order valence-electron chi connectivity index (χ4n) is 1.31. The number of rotatable bonds is 6. The average molecular weight is 257 g/mol. The van der Waals surface area contributed by atoms with Gasteiger partial charge in [0.1, 0.15) is 0 Å². The van der Waals surface area contributed by atoms with E-state index in [1.54, 1.807) is 12.1 Å². The fraction of sp³-hybridized carbons (Fsp3) is 0.455. The Balaban J connectivity index is 2.52. The third-order valence-electron chi connectivity index (χ3n) is 2.55. The van der Waals surface area contributed by atoms with Crippen molar-refractivity contribution in [1.82, 2.24) is 4.90 Å². The van der Waals surface area contributed by atoms with E-state index in [0.29, 0.717) is 0 Å². The van der Waals surface area contributed by atoms with Gasteiger partial charge in [0, 0.05) is 18.8 Å². The van der Waals surface area contributed by atoms with Gasteiger partial charge in [0.25, 0.3) is 0 Å². The van der Waals surface area contributed by atoms with E-state index in [9.17, 15) is 8.42 Å². The van der Waals surface area contributed by atoms with Gasteiger partial charge in [0.2, 0.25) is 10.0 Å². The number of nitrogens with one attached hydrogen (secondary N) is 1. The summed E-state index contributed by atoms with van der Waals surface area (Å²) in [5.41, 5.74) is 0.891. The van der Waals surface area contributed by atoms with Gasteiger partial charge in [-0.3, -0.25) is 0 Å². The maximum atomic E-state index is 11.0. The second kappa shape index (κ2) is 6.00. The molecule has 96 valence electrons. The summed E-state index contributed by atoms with van der Waals surface area (Å²) in [6, 6.07) is 6.43. The van der Waals surface area contributed by atoms with E-state index < -0.39 is 10.0 Å². The van der Waals surface area contributed by atoms with Gasteiger partial charge >= 0.3 is 0 Å². The van der Waals surface area contributed by atoms with Crippen LogP contribution in [0.5, 0.6) is 0 Å². The molecule has 0 radical (unpaired) electrons. The molecule has 0 fully saturated rings. The summed E-state index contributed by atoms with van der Waals surface area (Å²) in [6.45, 7) is 4.86. The van der Waals surface area contributed by atoms with Crippen molar-refractivity contribution in [3.05, 3.63) is 24.3 Å². The number of nitrogens with zero attached hydrogens (tertiary/aromatic N) is 1. The number of nitrogens with two attached hydrogens (primary N) is 1. The molecule has 0 heterocycles. The highest BCUT2D eigenvalue weighted by Crippen LogP contribution is 2.12. The zero-order valence-corrected chi connectivity index (χ0v) is 11.0. The number of hydrogen-bond acceptors (Lipinski definition) is 4. The smallest absolute Gasteiger partial charge is 0.238 e. The highest BCUT2D eigenvalue weighted by atomic mass is 32.2. The van der Waals surface area contributed by atoms with Crippen LogP contribution in [0.4, 0.5) is 5.69 Å². The summed E-state index contributed by atoms with van der Waals surface area (Å²) in [5, 5.41) is 8.22. The molecule has 1 aromatic carbocycles. The van der Waals surface area contributed by atoms with Crippen LogP contribution in [0.2, 0.25) is 0 Å². The van der Waals surface area contributed by atoms with Crippen LogP contribution < -0.4 is 10.5 Å². The van der Waals surface area contributed by atoms with Gasteiger partial charge in [-0.1, -0.05) is 6.92 Å². The lowest BCUT2D eigenvalue weighted by atomic mass is 10.3. The molecule has 1 rings (SSSR count). The topological polar surface area (TPSA) is 75.4 Å². The molecule has 6 heteroatoms. The quantitative estimate of drug-likeness (QED) is 0.786. The zero-order chi connectivity index (χ0) is 12.9. The highest BCUT2D eigenvalue weighted by molar-refractivity contribution is 7.89. The van der Waals surface area contributed by atoms with Crippen LogP contribution >= 0.6 is 0 Å². The molecule has 0 amide bonds. The monoisotopic (exact) mass is 257 g/mol. The minimum Gasteiger partial charge on any atom is -0.384 e. The number of benzene rings is 1. The van der Waals surface area contributed by atoms with E-state index in [1.165, 1.54) is 12.1 Å². The Morgan fingerprint density at radius 2 is 1.88 bits per heavy atom. The van der Waals surface area contributed by atoms with Crippen molar-refractivity contribution in [3.63, 3.8) is 0 Å². The third-order valence-corrected chi connectivity index (χ3v) is 3.47. The molecule has 0 aliphatic carbocycles. The van der Waals surface area contributed by atoms with Crippen LogP contribution in [0.15, 0.2) is 29.2 Å². The van der Waals surface area contributed by atoms with Gasteiger partial charge in [-0.2, -0.15) is 0 Å². The van der Waals surface area contributed by atoms with Crippen molar-refractivity contribution in [1.29, 1.82) is 0 Å². The van der Waals surface area contributed by atoms with E-state index in [2.05, 4.69) is 17.1 Å². The van der Waals surface area contributed by atoms with Gasteiger partial charge in [-0.15, -0.1) is 0 Å². The average Bonchev–Trinajstić information content (AvgIpc) is 2.28. The standard InChI is InChI=1S/C11H19N3O2S/c1-3-14(2)9-8-13-10-4-6-11(7-5-10)17(12,15)16/h4-7,13H,3,8-9H2,1-2H3,(H2,12,15,16). The van der Waals surface area contributed by atoms with Gasteiger partial charge in [-0.25, -0.2) is 13.6 Å². The Labute approximate surface area is 103 Å². The molecule has 0 atom stereocenters. The minimum atomic E-state index is -3.59. The molecule has 17 heavy (non-hydrogen) atoms. The van der Waals surface area contributed by atoms with Crippen molar-refractivity contribution < 1.29 is 8.42 Å². The summed E-state index contributed by atoms with van der Waals surface area (Å²) < 4.78 is 22.1. The number of primary sulfonamides is 1. The number of hydrogen-bond donors (Lipinski definition) is 2. The Morgan fingerprint density at radius 1 is 1.29 bits per heavy atom. The Kier molecular flexibility index (Phi) is 4.92. The van der Waals surface area contributed by atoms with E-state index in [4.69, 9.17) is 5.14 Å². The fourth-order valence-corrected chi connectivity index (χ4v) is 1.83. The summed E-state index contributed by atoms with van der Waals surface area (Å²) in [4.78, 5) is 2.32. The normalized spacial score (nSPS) is 11.8. The molecule has 0 saturated carbocycles. The lowest BCUT2D eigenvalue weighted by molar-refractivity contribution is 0.367. The second-order valence-corrected chi connectivity index (χ2v) is 5.45. The molecule has 0 unspecified atom stereocenters. The summed E-state index contributed by atoms with van der Waals surface area (Å²) in [6.07, 6.45) is 0. The largest absolute Gasteiger partial charge is 0.384 e. The molecule has 0 aliphatic rings. The number of anilines is 1. The maximum Gasteiger partial charge on any atom is 0.238 e. The van der Waals surface area contributed by atoms with Crippen LogP contribution in [0.3, 0.4) is 0 Å². The molecule has 5 nitrogen and oxygen atoms in total. The van der Waals surface area contributed by atoms with Crippen molar-refractivity contribution in [2.75, 3.05) is 32.0 Å². The van der Waals surface area contributed by atoms with Crippen LogP contribution in [0.25, 0.3) is 0 Å². The first-order valence-electron chi connectivity index (χ1n) is 5.48. The maximum absolute atomic E-state index is 11.0. The summed E-state index contributed by atoms with van der Waals surface area (Å²) >= 11 is 0.